The van der Waals surface area contributed by atoms with Crippen molar-refractivity contribution in [2.45, 2.75) is 24.9 Å². The summed E-state index contributed by atoms with van der Waals surface area (Å²) < 4.78 is 0. The second-order valence-electron chi connectivity index (χ2n) is 7.06. The molecule has 0 radical (unpaired) electrons. The number of benzene rings is 2. The number of amides is 3. The molecule has 10 heteroatoms. The molecule has 2 aromatic rings. The van der Waals surface area contributed by atoms with Gasteiger partial charge in [0.2, 0.25) is 17.7 Å². The molecule has 10 nitrogen and oxygen atoms in total. The molecule has 0 aliphatic heterocycles. The topological polar surface area (TPSA) is 171 Å². The molecule has 7 N–H and O–H groups in total. The zero-order valence-corrected chi connectivity index (χ0v) is 17.3. The van der Waals surface area contributed by atoms with Crippen LogP contribution in [0.3, 0.4) is 0 Å². The molecule has 2 atom stereocenters. The molecule has 0 heterocycles. The van der Waals surface area contributed by atoms with Crippen molar-refractivity contribution >= 4 is 23.7 Å². The van der Waals surface area contributed by atoms with Crippen molar-refractivity contribution in [2.24, 2.45) is 5.73 Å². The summed E-state index contributed by atoms with van der Waals surface area (Å²) in [6, 6.07) is 12.5. The number of phenols is 1. The average molecular weight is 442 g/mol. The molecule has 0 fully saturated rings. The highest BCUT2D eigenvalue weighted by atomic mass is 16.4. The van der Waals surface area contributed by atoms with Crippen molar-refractivity contribution < 1.29 is 29.4 Å². The van der Waals surface area contributed by atoms with Gasteiger partial charge < -0.3 is 31.9 Å². The van der Waals surface area contributed by atoms with Crippen molar-refractivity contribution in [3.8, 4) is 5.75 Å². The van der Waals surface area contributed by atoms with E-state index in [0.29, 0.717) is 5.56 Å². The van der Waals surface area contributed by atoms with E-state index in [4.69, 9.17) is 5.73 Å². The van der Waals surface area contributed by atoms with Gasteiger partial charge in [-0.15, -0.1) is 0 Å². The average Bonchev–Trinajstić information content (AvgIpc) is 2.78. The Bertz CT molecular complexity index is 933. The van der Waals surface area contributed by atoms with Gasteiger partial charge in [0, 0.05) is 12.8 Å². The summed E-state index contributed by atoms with van der Waals surface area (Å²) >= 11 is 0. The van der Waals surface area contributed by atoms with Crippen molar-refractivity contribution in [1.29, 1.82) is 0 Å². The second-order valence-corrected chi connectivity index (χ2v) is 7.06. The van der Waals surface area contributed by atoms with Crippen LogP contribution in [0, 0.1) is 0 Å². The third-order valence-electron chi connectivity index (χ3n) is 4.56. The Kier molecular flexibility index (Phi) is 9.18. The van der Waals surface area contributed by atoms with Crippen molar-refractivity contribution in [3.63, 3.8) is 0 Å². The fraction of sp³-hybridized carbons (Fsp3) is 0.273. The quantitative estimate of drug-likeness (QED) is 0.267. The van der Waals surface area contributed by atoms with E-state index >= 15 is 0 Å². The van der Waals surface area contributed by atoms with Gasteiger partial charge >= 0.3 is 5.97 Å². The summed E-state index contributed by atoms with van der Waals surface area (Å²) in [5.41, 5.74) is 6.54. The lowest BCUT2D eigenvalue weighted by Crippen LogP contribution is -2.54. The van der Waals surface area contributed by atoms with E-state index in [0.717, 1.165) is 5.56 Å². The molecular weight excluding hydrogens is 416 g/mol. The predicted molar refractivity (Wildman–Crippen MR) is 116 cm³/mol. The third kappa shape index (κ3) is 8.07. The number of hydrogen-bond acceptors (Lipinski definition) is 6. The molecular formula is C22H26N4O6. The summed E-state index contributed by atoms with van der Waals surface area (Å²) in [5, 5.41) is 26.2. The van der Waals surface area contributed by atoms with E-state index in [1.54, 1.807) is 42.5 Å². The standard InChI is InChI=1S/C22H26N4O6/c23-12-19(28)24-13-20(29)25-17(10-14-4-2-1-3-5-14)21(30)26-18(22(31)32)11-15-6-8-16(27)9-7-15/h1-9,17-18,27H,10-13,23H2,(H,24,28)(H,25,29)(H,26,30)(H,31,32). The van der Waals surface area contributed by atoms with E-state index in [9.17, 15) is 29.4 Å². The highest BCUT2D eigenvalue weighted by Crippen LogP contribution is 2.12. The van der Waals surface area contributed by atoms with Gasteiger partial charge in [-0.3, -0.25) is 14.4 Å². The van der Waals surface area contributed by atoms with Gasteiger partial charge in [0.05, 0.1) is 13.1 Å². The Balaban J connectivity index is 2.11. The minimum absolute atomic E-state index is 0.0140. The molecule has 2 unspecified atom stereocenters. The first kappa shape index (κ1) is 24.4. The van der Waals surface area contributed by atoms with Crippen molar-refractivity contribution in [2.75, 3.05) is 13.1 Å². The molecule has 0 aliphatic rings. The highest BCUT2D eigenvalue weighted by Gasteiger charge is 2.27. The summed E-state index contributed by atoms with van der Waals surface area (Å²) in [6.45, 7) is -0.650. The maximum atomic E-state index is 12.9. The van der Waals surface area contributed by atoms with Crippen LogP contribution in [-0.4, -0.2) is 59.1 Å². The third-order valence-corrected chi connectivity index (χ3v) is 4.56. The number of rotatable bonds is 11. The molecule has 0 aliphatic carbocycles. The number of aromatic hydroxyl groups is 1. The summed E-state index contributed by atoms with van der Waals surface area (Å²) in [4.78, 5) is 48.1. The van der Waals surface area contributed by atoms with Crippen LogP contribution in [0.25, 0.3) is 0 Å². The van der Waals surface area contributed by atoms with Crippen LogP contribution in [0.4, 0.5) is 0 Å². The molecule has 0 saturated carbocycles. The van der Waals surface area contributed by atoms with Gasteiger partial charge in [-0.1, -0.05) is 42.5 Å². The fourth-order valence-electron chi connectivity index (χ4n) is 2.90. The Morgan fingerprint density at radius 3 is 2.00 bits per heavy atom. The highest BCUT2D eigenvalue weighted by molar-refractivity contribution is 5.92. The normalized spacial score (nSPS) is 12.3. The number of carbonyl (C=O) groups excluding carboxylic acids is 3. The fourth-order valence-corrected chi connectivity index (χ4v) is 2.90. The number of carbonyl (C=O) groups is 4. The van der Waals surface area contributed by atoms with Crippen LogP contribution in [0.15, 0.2) is 54.6 Å². The Labute approximate surface area is 184 Å². The van der Waals surface area contributed by atoms with Crippen LogP contribution in [-0.2, 0) is 32.0 Å². The monoisotopic (exact) mass is 442 g/mol. The smallest absolute Gasteiger partial charge is 0.326 e. The number of aliphatic carboxylic acids is 1. The van der Waals surface area contributed by atoms with Gasteiger partial charge in [-0.05, 0) is 23.3 Å². The molecule has 2 rings (SSSR count). The molecule has 0 saturated heterocycles. The minimum Gasteiger partial charge on any atom is -0.508 e. The first-order valence-electron chi connectivity index (χ1n) is 9.89. The molecule has 2 aromatic carbocycles. The summed E-state index contributed by atoms with van der Waals surface area (Å²) in [7, 11) is 0. The first-order valence-corrected chi connectivity index (χ1v) is 9.89. The zero-order chi connectivity index (χ0) is 23.5. The molecule has 0 aromatic heterocycles. The largest absolute Gasteiger partial charge is 0.508 e. The lowest BCUT2D eigenvalue weighted by atomic mass is 10.0. The SMILES string of the molecule is NCC(=O)NCC(=O)NC(Cc1ccccc1)C(=O)NC(Cc1ccc(O)cc1)C(=O)O. The second kappa shape index (κ2) is 12.1. The van der Waals surface area contributed by atoms with E-state index in [1.807, 2.05) is 0 Å². The van der Waals surface area contributed by atoms with Crippen LogP contribution in [0.1, 0.15) is 11.1 Å². The number of carboxylic acid groups (broad SMARTS) is 1. The van der Waals surface area contributed by atoms with Crippen LogP contribution in [0.5, 0.6) is 5.75 Å². The van der Waals surface area contributed by atoms with E-state index in [-0.39, 0.29) is 31.7 Å². The Hall–Kier alpha value is -3.92. The van der Waals surface area contributed by atoms with Crippen LogP contribution in [0.2, 0.25) is 0 Å². The Morgan fingerprint density at radius 1 is 0.812 bits per heavy atom. The van der Waals surface area contributed by atoms with Gasteiger partial charge in [-0.2, -0.15) is 0 Å². The van der Waals surface area contributed by atoms with E-state index < -0.39 is 35.8 Å². The van der Waals surface area contributed by atoms with E-state index in [2.05, 4.69) is 16.0 Å². The van der Waals surface area contributed by atoms with Gasteiger partial charge in [0.15, 0.2) is 0 Å². The first-order chi connectivity index (χ1) is 15.3. The number of hydrogen-bond donors (Lipinski definition) is 6. The molecule has 32 heavy (non-hydrogen) atoms. The number of nitrogens with two attached hydrogens (primary N) is 1. The zero-order valence-electron chi connectivity index (χ0n) is 17.3. The van der Waals surface area contributed by atoms with Gasteiger partial charge in [-0.25, -0.2) is 4.79 Å². The number of nitrogens with one attached hydrogen (secondary N) is 3. The van der Waals surface area contributed by atoms with Crippen LogP contribution >= 0.6 is 0 Å². The maximum absolute atomic E-state index is 12.9. The number of carboxylic acids is 1. The number of phenolic OH excluding ortho intramolecular Hbond substituents is 1. The van der Waals surface area contributed by atoms with Gasteiger partial charge in [0.25, 0.3) is 0 Å². The van der Waals surface area contributed by atoms with Crippen molar-refractivity contribution in [1.82, 2.24) is 16.0 Å². The summed E-state index contributed by atoms with van der Waals surface area (Å²) in [5.74, 6) is -3.03. The lowest BCUT2D eigenvalue weighted by Gasteiger charge is -2.22. The summed E-state index contributed by atoms with van der Waals surface area (Å²) in [6.07, 6.45) is 0.106. The van der Waals surface area contributed by atoms with Crippen LogP contribution < -0.4 is 21.7 Å². The molecule has 0 spiro atoms. The van der Waals surface area contributed by atoms with E-state index in [1.165, 1.54) is 12.1 Å². The lowest BCUT2D eigenvalue weighted by molar-refractivity contribution is -0.142. The van der Waals surface area contributed by atoms with Crippen molar-refractivity contribution in [3.05, 3.63) is 65.7 Å². The predicted octanol–water partition coefficient (Wildman–Crippen LogP) is -0.693. The van der Waals surface area contributed by atoms with Gasteiger partial charge in [0.1, 0.15) is 17.8 Å². The molecule has 170 valence electrons. The molecule has 0 bridgehead atoms. The Morgan fingerprint density at radius 2 is 1.41 bits per heavy atom. The molecule has 3 amide bonds. The minimum atomic E-state index is -1.25. The maximum Gasteiger partial charge on any atom is 0.326 e.